The zero-order valence-corrected chi connectivity index (χ0v) is 16.6. The van der Waals surface area contributed by atoms with E-state index in [0.717, 1.165) is 29.0 Å². The van der Waals surface area contributed by atoms with Gasteiger partial charge in [-0.25, -0.2) is 9.97 Å². The van der Waals surface area contributed by atoms with Gasteiger partial charge in [-0.3, -0.25) is 4.79 Å². The Bertz CT molecular complexity index is 885. The van der Waals surface area contributed by atoms with Crippen molar-refractivity contribution in [3.63, 3.8) is 0 Å². The fourth-order valence-corrected chi connectivity index (χ4v) is 4.27. The number of aryl methyl sites for hydroxylation is 1. The number of aromatic nitrogens is 2. The molecule has 2 aromatic heterocycles. The first-order valence-electron chi connectivity index (χ1n) is 8.76. The summed E-state index contributed by atoms with van der Waals surface area (Å²) >= 11 is 3.09. The standard InChI is InChI=1S/C19H20N4O2S2/c1-14-2-4-15(5-3-14)25-12-17-21-16(13-27-17)18(24)22-7-9-23(10-8-22)19-20-6-11-26-19/h2-6,11,13H,7-10,12H2,1H3. The van der Waals surface area contributed by atoms with Crippen LogP contribution in [-0.2, 0) is 6.61 Å². The number of benzene rings is 1. The Kier molecular flexibility index (Phi) is 5.35. The predicted octanol–water partition coefficient (Wildman–Crippen LogP) is 3.45. The van der Waals surface area contributed by atoms with Crippen LogP contribution in [0.3, 0.4) is 0 Å². The highest BCUT2D eigenvalue weighted by molar-refractivity contribution is 7.13. The van der Waals surface area contributed by atoms with Crippen molar-refractivity contribution in [2.45, 2.75) is 13.5 Å². The zero-order chi connectivity index (χ0) is 18.6. The normalized spacial score (nSPS) is 14.4. The molecule has 1 aliphatic rings. The number of anilines is 1. The van der Waals surface area contributed by atoms with Crippen LogP contribution in [0.1, 0.15) is 21.1 Å². The number of thiazole rings is 2. The molecular formula is C19H20N4O2S2. The Hall–Kier alpha value is -2.45. The summed E-state index contributed by atoms with van der Waals surface area (Å²) in [5.41, 5.74) is 1.70. The molecule has 1 aromatic carbocycles. The number of ether oxygens (including phenoxy) is 1. The smallest absolute Gasteiger partial charge is 0.273 e. The van der Waals surface area contributed by atoms with Gasteiger partial charge in [0.15, 0.2) is 5.13 Å². The summed E-state index contributed by atoms with van der Waals surface area (Å²) in [5, 5.41) is 5.62. The molecule has 0 radical (unpaired) electrons. The van der Waals surface area contributed by atoms with Crippen molar-refractivity contribution in [1.29, 1.82) is 0 Å². The van der Waals surface area contributed by atoms with E-state index in [1.165, 1.54) is 16.9 Å². The Labute approximate surface area is 166 Å². The van der Waals surface area contributed by atoms with Gasteiger partial charge < -0.3 is 14.5 Å². The molecular weight excluding hydrogens is 380 g/mol. The van der Waals surface area contributed by atoms with Crippen LogP contribution in [0.25, 0.3) is 0 Å². The van der Waals surface area contributed by atoms with Gasteiger partial charge in [-0.05, 0) is 19.1 Å². The first kappa shape index (κ1) is 17.9. The lowest BCUT2D eigenvalue weighted by molar-refractivity contribution is 0.0741. The molecule has 0 unspecified atom stereocenters. The summed E-state index contributed by atoms with van der Waals surface area (Å²) in [6.07, 6.45) is 1.81. The molecule has 0 aliphatic carbocycles. The van der Waals surface area contributed by atoms with Crippen molar-refractivity contribution in [1.82, 2.24) is 14.9 Å². The van der Waals surface area contributed by atoms with Gasteiger partial charge in [0.25, 0.3) is 5.91 Å². The minimum absolute atomic E-state index is 0.00775. The number of carbonyl (C=O) groups excluding carboxylic acids is 1. The van der Waals surface area contributed by atoms with Gasteiger partial charge in [-0.1, -0.05) is 17.7 Å². The molecule has 3 aromatic rings. The maximum absolute atomic E-state index is 12.7. The second kappa shape index (κ2) is 8.06. The van der Waals surface area contributed by atoms with E-state index in [9.17, 15) is 4.79 Å². The molecule has 0 spiro atoms. The van der Waals surface area contributed by atoms with Gasteiger partial charge in [0.05, 0.1) is 0 Å². The number of hydrogen-bond donors (Lipinski definition) is 0. The van der Waals surface area contributed by atoms with Crippen molar-refractivity contribution in [3.05, 3.63) is 57.5 Å². The van der Waals surface area contributed by atoms with Crippen LogP contribution in [0, 0.1) is 6.92 Å². The summed E-state index contributed by atoms with van der Waals surface area (Å²) in [7, 11) is 0. The molecule has 0 bridgehead atoms. The number of carbonyl (C=O) groups is 1. The van der Waals surface area contributed by atoms with E-state index in [2.05, 4.69) is 14.9 Å². The first-order chi connectivity index (χ1) is 13.2. The molecule has 0 atom stereocenters. The minimum atomic E-state index is -0.00775. The Morgan fingerprint density at radius 3 is 2.63 bits per heavy atom. The average molecular weight is 401 g/mol. The van der Waals surface area contributed by atoms with Crippen molar-refractivity contribution in [2.75, 3.05) is 31.1 Å². The predicted molar refractivity (Wildman–Crippen MR) is 108 cm³/mol. The molecule has 3 heterocycles. The SMILES string of the molecule is Cc1ccc(OCc2nc(C(=O)N3CCN(c4nccs4)CC3)cs2)cc1. The van der Waals surface area contributed by atoms with Crippen molar-refractivity contribution < 1.29 is 9.53 Å². The maximum Gasteiger partial charge on any atom is 0.273 e. The highest BCUT2D eigenvalue weighted by atomic mass is 32.1. The molecule has 1 saturated heterocycles. The molecule has 27 heavy (non-hydrogen) atoms. The number of piperazine rings is 1. The molecule has 6 nitrogen and oxygen atoms in total. The lowest BCUT2D eigenvalue weighted by Crippen LogP contribution is -2.48. The molecule has 1 fully saturated rings. The lowest BCUT2D eigenvalue weighted by Gasteiger charge is -2.34. The summed E-state index contributed by atoms with van der Waals surface area (Å²) in [5.74, 6) is 0.800. The molecule has 0 saturated carbocycles. The maximum atomic E-state index is 12.7. The summed E-state index contributed by atoms with van der Waals surface area (Å²) < 4.78 is 5.75. The van der Waals surface area contributed by atoms with E-state index in [-0.39, 0.29) is 5.91 Å². The quantitative estimate of drug-likeness (QED) is 0.657. The average Bonchev–Trinajstić information content (AvgIpc) is 3.39. The second-order valence-corrected chi connectivity index (χ2v) is 8.14. The summed E-state index contributed by atoms with van der Waals surface area (Å²) in [6.45, 7) is 5.38. The second-order valence-electron chi connectivity index (χ2n) is 6.32. The monoisotopic (exact) mass is 400 g/mol. The van der Waals surface area contributed by atoms with Crippen LogP contribution >= 0.6 is 22.7 Å². The van der Waals surface area contributed by atoms with Crippen molar-refractivity contribution >= 4 is 33.7 Å². The Morgan fingerprint density at radius 2 is 1.93 bits per heavy atom. The first-order valence-corrected chi connectivity index (χ1v) is 10.5. The van der Waals surface area contributed by atoms with Gasteiger partial charge in [0.2, 0.25) is 0 Å². The fourth-order valence-electron chi connectivity index (χ4n) is 2.89. The minimum Gasteiger partial charge on any atom is -0.486 e. The van der Waals surface area contributed by atoms with E-state index >= 15 is 0 Å². The lowest BCUT2D eigenvalue weighted by atomic mass is 10.2. The Balaban J connectivity index is 1.31. The highest BCUT2D eigenvalue weighted by Gasteiger charge is 2.24. The van der Waals surface area contributed by atoms with E-state index in [4.69, 9.17) is 4.74 Å². The fraction of sp³-hybridized carbons (Fsp3) is 0.316. The number of amides is 1. The number of hydrogen-bond acceptors (Lipinski definition) is 7. The number of rotatable bonds is 5. The number of nitrogens with zero attached hydrogens (tertiary/aromatic N) is 4. The molecule has 1 aliphatic heterocycles. The van der Waals surface area contributed by atoms with Gasteiger partial charge in [-0.2, -0.15) is 0 Å². The zero-order valence-electron chi connectivity index (χ0n) is 15.0. The third-order valence-corrected chi connectivity index (χ3v) is 6.07. The van der Waals surface area contributed by atoms with E-state index in [1.807, 2.05) is 53.0 Å². The largest absolute Gasteiger partial charge is 0.486 e. The molecule has 1 amide bonds. The van der Waals surface area contributed by atoms with Gasteiger partial charge in [0.1, 0.15) is 23.1 Å². The van der Waals surface area contributed by atoms with E-state index in [0.29, 0.717) is 25.4 Å². The summed E-state index contributed by atoms with van der Waals surface area (Å²) in [6, 6.07) is 7.91. The van der Waals surface area contributed by atoms with E-state index in [1.54, 1.807) is 11.3 Å². The molecule has 140 valence electrons. The molecule has 0 N–H and O–H groups in total. The van der Waals surface area contributed by atoms with E-state index < -0.39 is 0 Å². The molecule has 4 rings (SSSR count). The topological polar surface area (TPSA) is 58.6 Å². The third kappa shape index (κ3) is 4.28. The van der Waals surface area contributed by atoms with Crippen molar-refractivity contribution in [2.24, 2.45) is 0 Å². The van der Waals surface area contributed by atoms with Gasteiger partial charge in [-0.15, -0.1) is 22.7 Å². The van der Waals surface area contributed by atoms with Crippen LogP contribution in [0.4, 0.5) is 5.13 Å². The highest BCUT2D eigenvalue weighted by Crippen LogP contribution is 2.21. The van der Waals surface area contributed by atoms with Gasteiger partial charge in [0, 0.05) is 43.1 Å². The van der Waals surface area contributed by atoms with Crippen LogP contribution < -0.4 is 9.64 Å². The Morgan fingerprint density at radius 1 is 1.15 bits per heavy atom. The third-order valence-electron chi connectivity index (χ3n) is 4.41. The van der Waals surface area contributed by atoms with Crippen LogP contribution in [0.15, 0.2) is 41.2 Å². The van der Waals surface area contributed by atoms with Crippen LogP contribution in [-0.4, -0.2) is 47.0 Å². The van der Waals surface area contributed by atoms with Crippen molar-refractivity contribution in [3.8, 4) is 5.75 Å². The van der Waals surface area contributed by atoms with Crippen LogP contribution in [0.2, 0.25) is 0 Å². The summed E-state index contributed by atoms with van der Waals surface area (Å²) in [4.78, 5) is 25.6. The van der Waals surface area contributed by atoms with Gasteiger partial charge >= 0.3 is 0 Å². The molecule has 8 heteroatoms. The van der Waals surface area contributed by atoms with Crippen LogP contribution in [0.5, 0.6) is 5.75 Å².